The number of nitrogens with one attached hydrogen (secondary N) is 1. The summed E-state index contributed by atoms with van der Waals surface area (Å²) in [5.41, 5.74) is 3.30. The van der Waals surface area contributed by atoms with Gasteiger partial charge in [-0.3, -0.25) is 15.0 Å². The Kier molecular flexibility index (Phi) is 5.22. The lowest BCUT2D eigenvalue weighted by molar-refractivity contribution is -0.385. The molecule has 3 rings (SSSR count). The summed E-state index contributed by atoms with van der Waals surface area (Å²) in [7, 11) is 0. The summed E-state index contributed by atoms with van der Waals surface area (Å²) >= 11 is 0. The van der Waals surface area contributed by atoms with E-state index in [1.807, 2.05) is 32.9 Å². The molecule has 8 nitrogen and oxygen atoms in total. The maximum Gasteiger partial charge on any atom is 0.410 e. The number of nitrogens with zero attached hydrogens (tertiary/aromatic N) is 3. The van der Waals surface area contributed by atoms with E-state index in [0.29, 0.717) is 31.0 Å². The van der Waals surface area contributed by atoms with Gasteiger partial charge in [0.25, 0.3) is 5.69 Å². The normalized spacial score (nSPS) is 13.2. The van der Waals surface area contributed by atoms with Crippen molar-refractivity contribution in [2.24, 2.45) is 0 Å². The van der Waals surface area contributed by atoms with Crippen LogP contribution in [0.15, 0.2) is 30.5 Å². The number of carbonyl (C=O) groups excluding carboxylic acids is 1. The van der Waals surface area contributed by atoms with Crippen molar-refractivity contribution in [1.82, 2.24) is 9.88 Å². The third-order valence-corrected chi connectivity index (χ3v) is 4.40. The summed E-state index contributed by atoms with van der Waals surface area (Å²) in [6, 6.07) is 7.74. The quantitative estimate of drug-likeness (QED) is 0.628. The molecule has 28 heavy (non-hydrogen) atoms. The molecule has 1 aromatic carbocycles. The molecule has 0 bridgehead atoms. The number of pyridine rings is 1. The van der Waals surface area contributed by atoms with Crippen LogP contribution in [0.5, 0.6) is 0 Å². The molecule has 0 radical (unpaired) electrons. The zero-order valence-corrected chi connectivity index (χ0v) is 16.5. The topological polar surface area (TPSA) is 97.6 Å². The van der Waals surface area contributed by atoms with Gasteiger partial charge in [0.15, 0.2) is 0 Å². The molecule has 0 atom stereocenters. The number of carbonyl (C=O) groups is 1. The molecule has 0 fully saturated rings. The summed E-state index contributed by atoms with van der Waals surface area (Å²) in [6.07, 6.45) is 0.952. The molecular weight excluding hydrogens is 360 g/mol. The monoisotopic (exact) mass is 384 g/mol. The Labute approximate surface area is 163 Å². The predicted octanol–water partition coefficient (Wildman–Crippen LogP) is 4.16. The van der Waals surface area contributed by atoms with Gasteiger partial charge in [-0.15, -0.1) is 0 Å². The van der Waals surface area contributed by atoms with Crippen LogP contribution in [-0.4, -0.2) is 26.5 Å². The largest absolute Gasteiger partial charge is 0.444 e. The zero-order valence-electron chi connectivity index (χ0n) is 16.5. The van der Waals surface area contributed by atoms with Gasteiger partial charge < -0.3 is 10.1 Å². The number of aromatic nitrogens is 1. The van der Waals surface area contributed by atoms with E-state index < -0.39 is 10.5 Å². The van der Waals surface area contributed by atoms with Crippen molar-refractivity contribution in [3.05, 3.63) is 62.8 Å². The van der Waals surface area contributed by atoms with Crippen LogP contribution < -0.4 is 5.32 Å². The molecule has 0 aliphatic carbocycles. The minimum Gasteiger partial charge on any atom is -0.444 e. The fourth-order valence-electron chi connectivity index (χ4n) is 3.04. The van der Waals surface area contributed by atoms with E-state index in [1.54, 1.807) is 17.9 Å². The van der Waals surface area contributed by atoms with Crippen LogP contribution in [0.1, 0.15) is 43.0 Å². The molecule has 0 saturated carbocycles. The number of anilines is 1. The molecule has 148 valence electrons. The second-order valence-electron chi connectivity index (χ2n) is 7.91. The molecule has 0 saturated heterocycles. The highest BCUT2D eigenvalue weighted by Crippen LogP contribution is 2.26. The van der Waals surface area contributed by atoms with Crippen LogP contribution >= 0.6 is 0 Å². The van der Waals surface area contributed by atoms with E-state index in [9.17, 15) is 14.9 Å². The van der Waals surface area contributed by atoms with Crippen LogP contribution in [0, 0.1) is 17.0 Å². The molecular formula is C20H24N4O4. The van der Waals surface area contributed by atoms with Crippen molar-refractivity contribution in [2.45, 2.75) is 52.9 Å². The minimum absolute atomic E-state index is 0.00492. The first-order valence-corrected chi connectivity index (χ1v) is 9.06. The molecule has 0 unspecified atom stereocenters. The highest BCUT2D eigenvalue weighted by atomic mass is 16.6. The summed E-state index contributed by atoms with van der Waals surface area (Å²) in [6.45, 7) is 8.84. The standard InChI is InChI=1S/C20H24N4O4/c1-13-7-18(22-10-17(13)24(26)27)21-9-14-5-6-15-11-23(12-16(15)8-14)19(25)28-20(2,3)4/h5-8,10H,9,11-12H2,1-4H3,(H,21,22). The Bertz CT molecular complexity index is 921. The fourth-order valence-corrected chi connectivity index (χ4v) is 3.04. The number of hydrogen-bond acceptors (Lipinski definition) is 6. The number of amides is 1. The van der Waals surface area contributed by atoms with Gasteiger partial charge in [0.2, 0.25) is 0 Å². The Hall–Kier alpha value is -3.16. The van der Waals surface area contributed by atoms with E-state index in [1.165, 1.54) is 6.20 Å². The summed E-state index contributed by atoms with van der Waals surface area (Å²) in [5, 5.41) is 14.1. The van der Waals surface area contributed by atoms with Crippen LogP contribution in [0.25, 0.3) is 0 Å². The first-order valence-electron chi connectivity index (χ1n) is 9.06. The first-order chi connectivity index (χ1) is 13.1. The molecule has 1 N–H and O–H groups in total. The Morgan fingerprint density at radius 2 is 2.00 bits per heavy atom. The number of ether oxygens (including phenoxy) is 1. The second kappa shape index (κ2) is 7.46. The lowest BCUT2D eigenvalue weighted by atomic mass is 10.1. The lowest BCUT2D eigenvalue weighted by Gasteiger charge is -2.24. The maximum atomic E-state index is 12.3. The average Bonchev–Trinajstić information content (AvgIpc) is 3.01. The van der Waals surface area contributed by atoms with Crippen molar-refractivity contribution >= 4 is 17.6 Å². The number of rotatable bonds is 4. The van der Waals surface area contributed by atoms with Crippen molar-refractivity contribution in [3.63, 3.8) is 0 Å². The van der Waals surface area contributed by atoms with E-state index >= 15 is 0 Å². The van der Waals surface area contributed by atoms with Gasteiger partial charge in [0, 0.05) is 25.2 Å². The second-order valence-corrected chi connectivity index (χ2v) is 7.91. The van der Waals surface area contributed by atoms with Gasteiger partial charge in [0.1, 0.15) is 17.6 Å². The van der Waals surface area contributed by atoms with E-state index in [-0.39, 0.29) is 11.8 Å². The number of nitro groups is 1. The summed E-state index contributed by atoms with van der Waals surface area (Å²) < 4.78 is 5.44. The number of aryl methyl sites for hydroxylation is 1. The van der Waals surface area contributed by atoms with Gasteiger partial charge in [-0.2, -0.15) is 0 Å². The van der Waals surface area contributed by atoms with Crippen LogP contribution in [0.3, 0.4) is 0 Å². The van der Waals surface area contributed by atoms with Crippen molar-refractivity contribution < 1.29 is 14.5 Å². The number of fused-ring (bicyclic) bond motifs is 1. The van der Waals surface area contributed by atoms with Gasteiger partial charge in [0.05, 0.1) is 4.92 Å². The summed E-state index contributed by atoms with van der Waals surface area (Å²) in [4.78, 5) is 28.5. The molecule has 2 aromatic rings. The maximum absolute atomic E-state index is 12.3. The molecule has 1 aromatic heterocycles. The van der Waals surface area contributed by atoms with Gasteiger partial charge in [-0.1, -0.05) is 18.2 Å². The van der Waals surface area contributed by atoms with Crippen LogP contribution in [-0.2, 0) is 24.4 Å². The van der Waals surface area contributed by atoms with E-state index in [4.69, 9.17) is 4.74 Å². The fraction of sp³-hybridized carbons (Fsp3) is 0.400. The molecule has 1 aliphatic rings. The Balaban J connectivity index is 1.63. The zero-order chi connectivity index (χ0) is 20.5. The molecule has 2 heterocycles. The minimum atomic E-state index is -0.517. The van der Waals surface area contributed by atoms with Gasteiger partial charge >= 0.3 is 6.09 Å². The predicted molar refractivity (Wildman–Crippen MR) is 105 cm³/mol. The van der Waals surface area contributed by atoms with Crippen molar-refractivity contribution in [2.75, 3.05) is 5.32 Å². The van der Waals surface area contributed by atoms with Crippen molar-refractivity contribution in [1.29, 1.82) is 0 Å². The third kappa shape index (κ3) is 4.57. The van der Waals surface area contributed by atoms with Gasteiger partial charge in [-0.25, -0.2) is 9.78 Å². The average molecular weight is 384 g/mol. The van der Waals surface area contributed by atoms with E-state index in [0.717, 1.165) is 16.7 Å². The van der Waals surface area contributed by atoms with E-state index in [2.05, 4.69) is 16.4 Å². The number of benzene rings is 1. The molecule has 0 spiro atoms. The third-order valence-electron chi connectivity index (χ3n) is 4.40. The van der Waals surface area contributed by atoms with Crippen LogP contribution in [0.2, 0.25) is 0 Å². The Morgan fingerprint density at radius 3 is 2.64 bits per heavy atom. The highest BCUT2D eigenvalue weighted by Gasteiger charge is 2.27. The lowest BCUT2D eigenvalue weighted by Crippen LogP contribution is -2.33. The Morgan fingerprint density at radius 1 is 1.29 bits per heavy atom. The molecule has 1 amide bonds. The smallest absolute Gasteiger partial charge is 0.410 e. The highest BCUT2D eigenvalue weighted by molar-refractivity contribution is 5.69. The molecule has 8 heteroatoms. The van der Waals surface area contributed by atoms with Crippen molar-refractivity contribution in [3.8, 4) is 0 Å². The number of hydrogen-bond donors (Lipinski definition) is 1. The summed E-state index contributed by atoms with van der Waals surface area (Å²) in [5.74, 6) is 0.582. The first kappa shape index (κ1) is 19.6. The van der Waals surface area contributed by atoms with Crippen LogP contribution in [0.4, 0.5) is 16.3 Å². The SMILES string of the molecule is Cc1cc(NCc2ccc3c(c2)CN(C(=O)OC(C)(C)C)C3)ncc1[N+](=O)[O-]. The van der Waals surface area contributed by atoms with Gasteiger partial charge in [-0.05, 0) is 50.5 Å². The molecule has 1 aliphatic heterocycles.